The van der Waals surface area contributed by atoms with E-state index in [0.29, 0.717) is 6.07 Å². The van der Waals surface area contributed by atoms with Crippen molar-refractivity contribution in [1.82, 2.24) is 5.32 Å². The molecule has 23 heavy (non-hydrogen) atoms. The van der Waals surface area contributed by atoms with Gasteiger partial charge in [-0.25, -0.2) is 8.78 Å². The average Bonchev–Trinajstić information content (AvgIpc) is 2.47. The third-order valence-corrected chi connectivity index (χ3v) is 2.96. The summed E-state index contributed by atoms with van der Waals surface area (Å²) in [7, 11) is 0. The van der Waals surface area contributed by atoms with Crippen LogP contribution >= 0.6 is 0 Å². The van der Waals surface area contributed by atoms with Gasteiger partial charge in [-0.2, -0.15) is 0 Å². The Bertz CT molecular complexity index is 743. The van der Waals surface area contributed by atoms with Gasteiger partial charge in [-0.1, -0.05) is 6.07 Å². The van der Waals surface area contributed by atoms with Crippen LogP contribution in [0.3, 0.4) is 0 Å². The molecular weight excluding hydrogens is 306 g/mol. The minimum Gasteiger partial charge on any atom is -0.506 e. The first-order chi connectivity index (χ1) is 10.8. The van der Waals surface area contributed by atoms with Crippen LogP contribution < -0.4 is 10.6 Å². The van der Waals surface area contributed by atoms with Crippen molar-refractivity contribution in [3.8, 4) is 5.75 Å². The molecule has 2 rings (SSSR count). The van der Waals surface area contributed by atoms with E-state index in [9.17, 15) is 23.5 Å². The van der Waals surface area contributed by atoms with Crippen molar-refractivity contribution < 1.29 is 23.5 Å². The minimum absolute atomic E-state index is 0.109. The highest BCUT2D eigenvalue weighted by atomic mass is 19.1. The highest BCUT2D eigenvalue weighted by molar-refractivity contribution is 5.99. The van der Waals surface area contributed by atoms with Crippen LogP contribution in [0.5, 0.6) is 5.75 Å². The number of carbonyl (C=O) groups excluding carboxylic acids is 2. The van der Waals surface area contributed by atoms with E-state index in [4.69, 9.17) is 0 Å². The number of rotatable bonds is 4. The van der Waals surface area contributed by atoms with E-state index in [1.54, 1.807) is 19.1 Å². The highest BCUT2D eigenvalue weighted by Crippen LogP contribution is 2.23. The van der Waals surface area contributed by atoms with Crippen molar-refractivity contribution in [2.75, 3.05) is 11.9 Å². The zero-order valence-electron chi connectivity index (χ0n) is 12.2. The predicted octanol–water partition coefficient (Wildman–Crippen LogP) is 2.35. The lowest BCUT2D eigenvalue weighted by atomic mass is 10.2. The number of halogens is 2. The molecule has 0 heterocycles. The summed E-state index contributed by atoms with van der Waals surface area (Å²) in [5.41, 5.74) is 0.812. The minimum atomic E-state index is -0.885. The van der Waals surface area contributed by atoms with Gasteiger partial charge < -0.3 is 15.7 Å². The molecule has 0 aliphatic carbocycles. The molecule has 0 bridgehead atoms. The lowest BCUT2D eigenvalue weighted by Crippen LogP contribution is -2.33. The zero-order chi connectivity index (χ0) is 17.0. The zero-order valence-corrected chi connectivity index (χ0v) is 12.2. The molecule has 2 amide bonds. The van der Waals surface area contributed by atoms with Crippen LogP contribution in [0.25, 0.3) is 0 Å². The van der Waals surface area contributed by atoms with Gasteiger partial charge in [0.25, 0.3) is 5.91 Å². The van der Waals surface area contributed by atoms with Gasteiger partial charge in [0.15, 0.2) is 0 Å². The van der Waals surface area contributed by atoms with Crippen LogP contribution in [0.4, 0.5) is 14.5 Å². The molecule has 0 saturated heterocycles. The monoisotopic (exact) mass is 320 g/mol. The molecule has 0 unspecified atom stereocenters. The third-order valence-electron chi connectivity index (χ3n) is 2.96. The van der Waals surface area contributed by atoms with Crippen LogP contribution in [-0.4, -0.2) is 23.5 Å². The molecule has 2 aromatic carbocycles. The summed E-state index contributed by atoms with van der Waals surface area (Å²) in [6, 6.07) is 7.04. The van der Waals surface area contributed by atoms with E-state index in [1.165, 1.54) is 6.07 Å². The number of aromatic hydroxyl groups is 1. The van der Waals surface area contributed by atoms with E-state index < -0.39 is 30.0 Å². The number of hydrogen-bond acceptors (Lipinski definition) is 3. The molecule has 0 atom stereocenters. The Morgan fingerprint density at radius 3 is 2.39 bits per heavy atom. The lowest BCUT2D eigenvalue weighted by molar-refractivity contribution is -0.115. The van der Waals surface area contributed by atoms with Gasteiger partial charge in [-0.3, -0.25) is 9.59 Å². The molecular formula is C16H14F2N2O3. The van der Waals surface area contributed by atoms with Gasteiger partial charge >= 0.3 is 0 Å². The SMILES string of the molecule is Cc1ccc(O)c(NC(=O)CNC(=O)c2cc(F)cc(F)c2)c1. The molecule has 0 spiro atoms. The van der Waals surface area contributed by atoms with Crippen molar-refractivity contribution in [1.29, 1.82) is 0 Å². The van der Waals surface area contributed by atoms with Crippen molar-refractivity contribution in [3.05, 3.63) is 59.2 Å². The normalized spacial score (nSPS) is 10.2. The number of phenolic OH excluding ortho intramolecular Hbond substituents is 1. The van der Waals surface area contributed by atoms with E-state index >= 15 is 0 Å². The van der Waals surface area contributed by atoms with Crippen LogP contribution in [0.15, 0.2) is 36.4 Å². The number of amides is 2. The molecule has 3 N–H and O–H groups in total. The number of benzene rings is 2. The summed E-state index contributed by atoms with van der Waals surface area (Å²) in [6.45, 7) is 1.37. The molecule has 0 aliphatic heterocycles. The number of anilines is 1. The van der Waals surface area contributed by atoms with Crippen LogP contribution in [0.1, 0.15) is 15.9 Å². The summed E-state index contributed by atoms with van der Waals surface area (Å²) in [5.74, 6) is -3.25. The Kier molecular flexibility index (Phi) is 4.90. The van der Waals surface area contributed by atoms with Gasteiger partial charge in [0.2, 0.25) is 5.91 Å². The maximum absolute atomic E-state index is 13.0. The average molecular weight is 320 g/mol. The van der Waals surface area contributed by atoms with E-state index in [0.717, 1.165) is 17.7 Å². The van der Waals surface area contributed by atoms with Crippen molar-refractivity contribution in [3.63, 3.8) is 0 Å². The summed E-state index contributed by atoms with van der Waals surface area (Å²) >= 11 is 0. The highest BCUT2D eigenvalue weighted by Gasteiger charge is 2.12. The van der Waals surface area contributed by atoms with Gasteiger partial charge in [0, 0.05) is 11.6 Å². The van der Waals surface area contributed by atoms with E-state index in [2.05, 4.69) is 10.6 Å². The first-order valence-corrected chi connectivity index (χ1v) is 6.69. The first-order valence-electron chi connectivity index (χ1n) is 6.69. The van der Waals surface area contributed by atoms with Crippen LogP contribution in [-0.2, 0) is 4.79 Å². The summed E-state index contributed by atoms with van der Waals surface area (Å²) in [4.78, 5) is 23.5. The Labute approximate surface area is 130 Å². The largest absolute Gasteiger partial charge is 0.506 e. The fraction of sp³-hybridized carbons (Fsp3) is 0.125. The van der Waals surface area contributed by atoms with Crippen molar-refractivity contribution >= 4 is 17.5 Å². The van der Waals surface area contributed by atoms with Gasteiger partial charge in [0.05, 0.1) is 12.2 Å². The molecule has 0 aliphatic rings. The topological polar surface area (TPSA) is 78.4 Å². The molecule has 0 aromatic heterocycles. The Morgan fingerprint density at radius 1 is 1.09 bits per heavy atom. The van der Waals surface area contributed by atoms with Gasteiger partial charge in [-0.15, -0.1) is 0 Å². The Hall–Kier alpha value is -2.96. The standard InChI is InChI=1S/C16H14F2N2O3/c1-9-2-3-14(21)13(4-9)20-15(22)8-19-16(23)10-5-11(17)7-12(18)6-10/h2-7,21H,8H2,1H3,(H,19,23)(H,20,22). The Morgan fingerprint density at radius 2 is 1.74 bits per heavy atom. The molecule has 0 fully saturated rings. The number of carbonyl (C=O) groups is 2. The number of hydrogen-bond donors (Lipinski definition) is 3. The summed E-state index contributed by atoms with van der Waals surface area (Å²) < 4.78 is 26.1. The summed E-state index contributed by atoms with van der Waals surface area (Å²) in [6.07, 6.45) is 0. The van der Waals surface area contributed by atoms with E-state index in [1.807, 2.05) is 0 Å². The van der Waals surface area contributed by atoms with Crippen molar-refractivity contribution in [2.45, 2.75) is 6.92 Å². The number of nitrogens with one attached hydrogen (secondary N) is 2. The smallest absolute Gasteiger partial charge is 0.251 e. The number of aryl methyl sites for hydroxylation is 1. The third kappa shape index (κ3) is 4.50. The maximum atomic E-state index is 13.0. The van der Waals surface area contributed by atoms with Crippen LogP contribution in [0.2, 0.25) is 0 Å². The van der Waals surface area contributed by atoms with Gasteiger partial charge in [-0.05, 0) is 36.8 Å². The Balaban J connectivity index is 1.96. The second kappa shape index (κ2) is 6.87. The molecule has 2 aromatic rings. The fourth-order valence-corrected chi connectivity index (χ4v) is 1.89. The predicted molar refractivity (Wildman–Crippen MR) is 80.2 cm³/mol. The van der Waals surface area contributed by atoms with Gasteiger partial charge in [0.1, 0.15) is 17.4 Å². The quantitative estimate of drug-likeness (QED) is 0.757. The second-order valence-electron chi connectivity index (χ2n) is 4.91. The molecule has 7 heteroatoms. The lowest BCUT2D eigenvalue weighted by Gasteiger charge is -2.09. The molecule has 5 nitrogen and oxygen atoms in total. The fourth-order valence-electron chi connectivity index (χ4n) is 1.89. The number of phenols is 1. The molecule has 120 valence electrons. The molecule has 0 saturated carbocycles. The van der Waals surface area contributed by atoms with E-state index in [-0.39, 0.29) is 17.0 Å². The van der Waals surface area contributed by atoms with Crippen LogP contribution in [0, 0.1) is 18.6 Å². The summed E-state index contributed by atoms with van der Waals surface area (Å²) in [5, 5.41) is 14.3. The first kappa shape index (κ1) is 16.4. The van der Waals surface area contributed by atoms with Crippen molar-refractivity contribution in [2.24, 2.45) is 0 Å². The second-order valence-corrected chi connectivity index (χ2v) is 4.91. The maximum Gasteiger partial charge on any atom is 0.251 e. The molecule has 0 radical (unpaired) electrons.